The molecule has 2 aromatic rings. The Labute approximate surface area is 170 Å². The van der Waals surface area contributed by atoms with Crippen LogP contribution in [0.25, 0.3) is 0 Å². The van der Waals surface area contributed by atoms with Crippen LogP contribution in [0.1, 0.15) is 29.9 Å². The van der Waals surface area contributed by atoms with Gasteiger partial charge in [0.25, 0.3) is 0 Å². The van der Waals surface area contributed by atoms with Crippen molar-refractivity contribution in [3.05, 3.63) is 46.3 Å². The van der Waals surface area contributed by atoms with Crippen LogP contribution in [0, 0.1) is 19.8 Å². The maximum absolute atomic E-state index is 12.9. The predicted octanol–water partition coefficient (Wildman–Crippen LogP) is 3.00. The quantitative estimate of drug-likeness (QED) is 0.735. The van der Waals surface area contributed by atoms with E-state index in [0.717, 1.165) is 5.56 Å². The number of sulfonamides is 1. The number of hydrogen-bond acceptors (Lipinski definition) is 5. The largest absolute Gasteiger partial charge is 0.360 e. The number of carbonyl (C=O) groups excluding carboxylic acids is 1. The van der Waals surface area contributed by atoms with Crippen molar-refractivity contribution in [1.82, 2.24) is 14.4 Å². The monoisotopic (exact) mass is 425 g/mol. The molecular weight excluding hydrogens is 402 g/mol. The third-order valence-electron chi connectivity index (χ3n) is 5.11. The number of amides is 1. The zero-order chi connectivity index (χ0) is 20.5. The lowest BCUT2D eigenvalue weighted by Crippen LogP contribution is -2.43. The summed E-state index contributed by atoms with van der Waals surface area (Å²) in [4.78, 5) is 14.6. The Morgan fingerprint density at radius 2 is 1.93 bits per heavy atom. The SMILES string of the molecule is Cc1noc(C)c1S(=O)(=O)N1CCC(C(=O)N(C)Cc2ccccc2Cl)CC1. The van der Waals surface area contributed by atoms with Crippen molar-refractivity contribution >= 4 is 27.5 Å². The molecule has 1 aromatic heterocycles. The molecule has 1 aliphatic heterocycles. The normalized spacial score (nSPS) is 16.3. The Bertz CT molecular complexity index is 946. The Balaban J connectivity index is 1.63. The minimum absolute atomic E-state index is 0.00862. The molecule has 0 unspecified atom stereocenters. The zero-order valence-corrected chi connectivity index (χ0v) is 17.8. The molecule has 0 spiro atoms. The molecule has 0 radical (unpaired) electrons. The van der Waals surface area contributed by atoms with Crippen LogP contribution in [0.4, 0.5) is 0 Å². The predicted molar refractivity (Wildman–Crippen MR) is 105 cm³/mol. The van der Waals surface area contributed by atoms with Crippen LogP contribution in [0.5, 0.6) is 0 Å². The van der Waals surface area contributed by atoms with Gasteiger partial charge in [0.05, 0.1) is 0 Å². The molecule has 0 aliphatic carbocycles. The van der Waals surface area contributed by atoms with Gasteiger partial charge >= 0.3 is 0 Å². The van der Waals surface area contributed by atoms with E-state index in [-0.39, 0.29) is 22.5 Å². The Morgan fingerprint density at radius 3 is 2.50 bits per heavy atom. The average Bonchev–Trinajstić information content (AvgIpc) is 3.02. The van der Waals surface area contributed by atoms with Crippen LogP contribution in [0.15, 0.2) is 33.7 Å². The van der Waals surface area contributed by atoms with Crippen molar-refractivity contribution in [2.45, 2.75) is 38.1 Å². The molecule has 7 nitrogen and oxygen atoms in total. The molecule has 1 aromatic carbocycles. The van der Waals surface area contributed by atoms with Crippen molar-refractivity contribution < 1.29 is 17.7 Å². The van der Waals surface area contributed by atoms with Gasteiger partial charge < -0.3 is 9.42 Å². The fraction of sp³-hybridized carbons (Fsp3) is 0.474. The molecular formula is C19H24ClN3O4S. The number of piperidine rings is 1. The summed E-state index contributed by atoms with van der Waals surface area (Å²) in [6.07, 6.45) is 0.961. The molecule has 1 saturated heterocycles. The zero-order valence-electron chi connectivity index (χ0n) is 16.2. The maximum Gasteiger partial charge on any atom is 0.248 e. The lowest BCUT2D eigenvalue weighted by Gasteiger charge is -2.32. The van der Waals surface area contributed by atoms with Gasteiger partial charge in [-0.1, -0.05) is 35.0 Å². The van der Waals surface area contributed by atoms with Gasteiger partial charge in [0.1, 0.15) is 10.6 Å². The van der Waals surface area contributed by atoms with Crippen LogP contribution in [0.3, 0.4) is 0 Å². The highest BCUT2D eigenvalue weighted by Gasteiger charge is 2.36. The first-order valence-electron chi connectivity index (χ1n) is 9.13. The van der Waals surface area contributed by atoms with E-state index in [1.807, 2.05) is 18.2 Å². The molecule has 0 atom stereocenters. The molecule has 1 aliphatic rings. The van der Waals surface area contributed by atoms with Crippen molar-refractivity contribution in [1.29, 1.82) is 0 Å². The summed E-state index contributed by atoms with van der Waals surface area (Å²) in [6, 6.07) is 7.43. The second-order valence-electron chi connectivity index (χ2n) is 7.12. The van der Waals surface area contributed by atoms with E-state index in [9.17, 15) is 13.2 Å². The molecule has 1 fully saturated rings. The van der Waals surface area contributed by atoms with Gasteiger partial charge in [-0.25, -0.2) is 8.42 Å². The molecule has 0 saturated carbocycles. The highest BCUT2D eigenvalue weighted by atomic mass is 35.5. The van der Waals surface area contributed by atoms with Gasteiger partial charge in [0, 0.05) is 37.6 Å². The van der Waals surface area contributed by atoms with Gasteiger partial charge in [0.15, 0.2) is 5.76 Å². The smallest absolute Gasteiger partial charge is 0.248 e. The first kappa shape index (κ1) is 20.8. The number of hydrogen-bond donors (Lipinski definition) is 0. The Hall–Kier alpha value is -1.90. The fourth-order valence-corrected chi connectivity index (χ4v) is 5.54. The van der Waals surface area contributed by atoms with Crippen LogP contribution >= 0.6 is 11.6 Å². The minimum Gasteiger partial charge on any atom is -0.360 e. The third-order valence-corrected chi connectivity index (χ3v) is 7.62. The summed E-state index contributed by atoms with van der Waals surface area (Å²) in [5.74, 6) is 0.0908. The van der Waals surface area contributed by atoms with Gasteiger partial charge in [-0.2, -0.15) is 4.31 Å². The third kappa shape index (κ3) is 4.09. The molecule has 3 rings (SSSR count). The van der Waals surface area contributed by atoms with Crippen molar-refractivity contribution in [2.24, 2.45) is 5.92 Å². The maximum atomic E-state index is 12.9. The highest BCUT2D eigenvalue weighted by molar-refractivity contribution is 7.89. The average molecular weight is 426 g/mol. The Kier molecular flexibility index (Phi) is 6.12. The van der Waals surface area contributed by atoms with Crippen LogP contribution in [-0.4, -0.2) is 48.8 Å². The van der Waals surface area contributed by atoms with Crippen molar-refractivity contribution in [3.63, 3.8) is 0 Å². The number of rotatable bonds is 5. The fourth-order valence-electron chi connectivity index (χ4n) is 3.59. The molecule has 2 heterocycles. The van der Waals surface area contributed by atoms with E-state index < -0.39 is 10.0 Å². The minimum atomic E-state index is -3.67. The number of aryl methyl sites for hydroxylation is 2. The first-order valence-corrected chi connectivity index (χ1v) is 10.9. The lowest BCUT2D eigenvalue weighted by molar-refractivity contribution is -0.135. The van der Waals surface area contributed by atoms with Crippen molar-refractivity contribution in [3.8, 4) is 0 Å². The number of halogens is 1. The molecule has 9 heteroatoms. The molecule has 0 bridgehead atoms. The van der Waals surface area contributed by atoms with Crippen LogP contribution in [0.2, 0.25) is 5.02 Å². The number of aromatic nitrogens is 1. The second-order valence-corrected chi connectivity index (χ2v) is 9.40. The number of carbonyl (C=O) groups is 1. The first-order chi connectivity index (χ1) is 13.2. The number of benzene rings is 1. The molecule has 0 N–H and O–H groups in total. The standard InChI is InChI=1S/C19H24ClN3O4S/c1-13-18(14(2)27-21-13)28(25,26)23-10-8-15(9-11-23)19(24)22(3)12-16-6-4-5-7-17(16)20/h4-7,15H,8-12H2,1-3H3. The van der Waals surface area contributed by atoms with E-state index in [4.69, 9.17) is 16.1 Å². The van der Waals surface area contributed by atoms with Crippen molar-refractivity contribution in [2.75, 3.05) is 20.1 Å². The highest BCUT2D eigenvalue weighted by Crippen LogP contribution is 2.28. The van der Waals surface area contributed by atoms with Crippen LogP contribution in [-0.2, 0) is 21.4 Å². The van der Waals surface area contributed by atoms with E-state index in [0.29, 0.717) is 43.2 Å². The summed E-state index contributed by atoms with van der Waals surface area (Å²) in [6.45, 7) is 4.22. The lowest BCUT2D eigenvalue weighted by atomic mass is 9.96. The van der Waals surface area contributed by atoms with E-state index in [1.165, 1.54) is 4.31 Å². The van der Waals surface area contributed by atoms with Crippen LogP contribution < -0.4 is 0 Å². The van der Waals surface area contributed by atoms with Gasteiger partial charge in [-0.15, -0.1) is 0 Å². The van der Waals surface area contributed by atoms with E-state index in [1.54, 1.807) is 31.9 Å². The summed E-state index contributed by atoms with van der Waals surface area (Å²) >= 11 is 6.18. The molecule has 28 heavy (non-hydrogen) atoms. The molecule has 1 amide bonds. The van der Waals surface area contributed by atoms with Gasteiger partial charge in [-0.3, -0.25) is 4.79 Å². The summed E-state index contributed by atoms with van der Waals surface area (Å²) in [7, 11) is -1.92. The van der Waals surface area contributed by atoms with Gasteiger partial charge in [0.2, 0.25) is 15.9 Å². The summed E-state index contributed by atoms with van der Waals surface area (Å²) < 4.78 is 32.2. The molecule has 152 valence electrons. The number of nitrogens with zero attached hydrogens (tertiary/aromatic N) is 3. The Morgan fingerprint density at radius 1 is 1.29 bits per heavy atom. The van der Waals surface area contributed by atoms with Gasteiger partial charge in [-0.05, 0) is 38.3 Å². The summed E-state index contributed by atoms with van der Waals surface area (Å²) in [5, 5.41) is 4.37. The summed E-state index contributed by atoms with van der Waals surface area (Å²) in [5.41, 5.74) is 1.24. The second kappa shape index (κ2) is 8.23. The van der Waals surface area contributed by atoms with E-state index >= 15 is 0 Å². The van der Waals surface area contributed by atoms with E-state index in [2.05, 4.69) is 5.16 Å². The topological polar surface area (TPSA) is 83.7 Å².